The summed E-state index contributed by atoms with van der Waals surface area (Å²) in [7, 11) is -3.23. The minimum absolute atomic E-state index is 0. The van der Waals surface area contributed by atoms with Crippen molar-refractivity contribution in [2.75, 3.05) is 43.3 Å². The Hall–Kier alpha value is -0.820. The summed E-state index contributed by atoms with van der Waals surface area (Å²) < 4.78 is 25.8. The highest BCUT2D eigenvalue weighted by Crippen LogP contribution is 2.30. The number of nitrogens with one attached hydrogen (secondary N) is 1. The van der Waals surface area contributed by atoms with Crippen LogP contribution < -0.4 is 9.62 Å². The van der Waals surface area contributed by atoms with Gasteiger partial charge in [-0.25, -0.2) is 8.42 Å². The van der Waals surface area contributed by atoms with Gasteiger partial charge < -0.3 is 5.32 Å². The highest BCUT2D eigenvalue weighted by molar-refractivity contribution is 7.92. The average molecular weight is 360 g/mol. The Bertz CT molecular complexity index is 644. The van der Waals surface area contributed by atoms with E-state index in [0.717, 1.165) is 44.0 Å². The first-order valence-corrected chi connectivity index (χ1v) is 9.71. The van der Waals surface area contributed by atoms with Gasteiger partial charge in [0.1, 0.15) is 0 Å². The van der Waals surface area contributed by atoms with E-state index < -0.39 is 10.0 Å². The summed E-state index contributed by atoms with van der Waals surface area (Å²) in [4.78, 5) is 2.40. The van der Waals surface area contributed by atoms with E-state index in [4.69, 9.17) is 0 Å². The first kappa shape index (κ1) is 18.5. The Morgan fingerprint density at radius 2 is 2.00 bits per heavy atom. The van der Waals surface area contributed by atoms with Gasteiger partial charge in [0.2, 0.25) is 10.0 Å². The van der Waals surface area contributed by atoms with Crippen molar-refractivity contribution in [1.82, 2.24) is 10.2 Å². The summed E-state index contributed by atoms with van der Waals surface area (Å²) in [6.45, 7) is 7.57. The number of hydrogen-bond donors (Lipinski definition) is 1. The minimum Gasteiger partial charge on any atom is -0.316 e. The fourth-order valence-corrected chi connectivity index (χ4v) is 4.53. The Morgan fingerprint density at radius 1 is 1.26 bits per heavy atom. The van der Waals surface area contributed by atoms with Gasteiger partial charge in [0, 0.05) is 32.7 Å². The molecule has 2 aliphatic heterocycles. The molecule has 3 rings (SSSR count). The molecule has 1 fully saturated rings. The lowest BCUT2D eigenvalue weighted by atomic mass is 9.89. The highest BCUT2D eigenvalue weighted by atomic mass is 35.5. The fourth-order valence-electron chi connectivity index (χ4n) is 3.58. The van der Waals surface area contributed by atoms with Gasteiger partial charge in [-0.05, 0) is 30.0 Å². The van der Waals surface area contributed by atoms with Gasteiger partial charge in [0.05, 0.1) is 11.9 Å². The van der Waals surface area contributed by atoms with E-state index in [0.29, 0.717) is 6.54 Å². The number of nitrogens with zero attached hydrogens (tertiary/aromatic N) is 2. The molecule has 23 heavy (non-hydrogen) atoms. The molecule has 0 aliphatic carbocycles. The normalized spacial score (nSPS) is 25.6. The zero-order valence-electron chi connectivity index (χ0n) is 13.8. The van der Waals surface area contributed by atoms with Crippen LogP contribution in [0.4, 0.5) is 5.69 Å². The molecule has 7 heteroatoms. The van der Waals surface area contributed by atoms with Gasteiger partial charge in [0.15, 0.2) is 0 Å². The topological polar surface area (TPSA) is 52.7 Å². The molecule has 0 amide bonds. The van der Waals surface area contributed by atoms with E-state index in [2.05, 4.69) is 17.1 Å². The Morgan fingerprint density at radius 3 is 2.65 bits per heavy atom. The standard InChI is InChI=1S/C16H25N3O2S.ClH/c1-16(7-8-17-12-16)13-18-9-10-19(22(2,20)21)15-6-4-3-5-14(15)11-18;/h3-6,17H,7-13H2,1-2H3;1H. The van der Waals surface area contributed by atoms with Crippen LogP contribution in [0.3, 0.4) is 0 Å². The third kappa shape index (κ3) is 4.18. The number of hydrogen-bond acceptors (Lipinski definition) is 4. The monoisotopic (exact) mass is 359 g/mol. The first-order valence-electron chi connectivity index (χ1n) is 7.86. The number of fused-ring (bicyclic) bond motifs is 1. The zero-order chi connectivity index (χ0) is 15.8. The van der Waals surface area contributed by atoms with Crippen molar-refractivity contribution in [3.8, 4) is 0 Å². The van der Waals surface area contributed by atoms with E-state index in [1.54, 1.807) is 4.31 Å². The molecule has 1 saturated heterocycles. The lowest BCUT2D eigenvalue weighted by Gasteiger charge is -2.31. The molecule has 0 bridgehead atoms. The van der Waals surface area contributed by atoms with Crippen LogP contribution in [0.1, 0.15) is 18.9 Å². The van der Waals surface area contributed by atoms with E-state index in [-0.39, 0.29) is 17.8 Å². The smallest absolute Gasteiger partial charge is 0.232 e. The Balaban J connectivity index is 0.00000192. The third-order valence-corrected chi connectivity index (χ3v) is 5.92. The van der Waals surface area contributed by atoms with Crippen molar-refractivity contribution in [3.05, 3.63) is 29.8 Å². The molecule has 2 aliphatic rings. The second kappa shape index (κ2) is 6.97. The summed E-state index contributed by atoms with van der Waals surface area (Å²) in [5.74, 6) is 0. The lowest BCUT2D eigenvalue weighted by Crippen LogP contribution is -2.40. The van der Waals surface area contributed by atoms with Crippen LogP contribution in [0.25, 0.3) is 0 Å². The molecule has 1 atom stereocenters. The zero-order valence-corrected chi connectivity index (χ0v) is 15.4. The van der Waals surface area contributed by atoms with Crippen molar-refractivity contribution in [2.24, 2.45) is 5.41 Å². The van der Waals surface area contributed by atoms with Gasteiger partial charge in [-0.1, -0.05) is 25.1 Å². The predicted octanol–water partition coefficient (Wildman–Crippen LogP) is 1.69. The molecule has 130 valence electrons. The lowest BCUT2D eigenvalue weighted by molar-refractivity contribution is 0.178. The maximum atomic E-state index is 12.1. The number of para-hydroxylation sites is 1. The SMILES string of the molecule is CC1(CN2CCN(S(C)(=O)=O)c3ccccc3C2)CCNC1.Cl. The van der Waals surface area contributed by atoms with Gasteiger partial charge in [-0.15, -0.1) is 12.4 Å². The van der Waals surface area contributed by atoms with Crippen LogP contribution in [0.5, 0.6) is 0 Å². The fraction of sp³-hybridized carbons (Fsp3) is 0.625. The summed E-state index contributed by atoms with van der Waals surface area (Å²) in [6, 6.07) is 7.86. The van der Waals surface area contributed by atoms with Crippen LogP contribution >= 0.6 is 12.4 Å². The minimum atomic E-state index is -3.23. The van der Waals surface area contributed by atoms with Gasteiger partial charge in [-0.3, -0.25) is 9.21 Å². The molecule has 0 aromatic heterocycles. The van der Waals surface area contributed by atoms with E-state index >= 15 is 0 Å². The molecule has 0 saturated carbocycles. The molecule has 0 spiro atoms. The summed E-state index contributed by atoms with van der Waals surface area (Å²) in [5.41, 5.74) is 2.22. The number of anilines is 1. The average Bonchev–Trinajstić information content (AvgIpc) is 2.76. The molecular weight excluding hydrogens is 334 g/mol. The van der Waals surface area contributed by atoms with Crippen LogP contribution in [0.2, 0.25) is 0 Å². The Kier molecular flexibility index (Phi) is 5.61. The number of benzene rings is 1. The first-order chi connectivity index (χ1) is 10.4. The highest BCUT2D eigenvalue weighted by Gasteiger charge is 2.33. The van der Waals surface area contributed by atoms with Crippen molar-refractivity contribution in [2.45, 2.75) is 19.9 Å². The second-order valence-corrected chi connectivity index (χ2v) is 8.82. The predicted molar refractivity (Wildman–Crippen MR) is 96.8 cm³/mol. The summed E-state index contributed by atoms with van der Waals surface area (Å²) in [5, 5.41) is 3.44. The Labute approximate surface area is 145 Å². The van der Waals surface area contributed by atoms with E-state index in [9.17, 15) is 8.42 Å². The molecule has 5 nitrogen and oxygen atoms in total. The third-order valence-electron chi connectivity index (χ3n) is 4.74. The molecule has 1 N–H and O–H groups in total. The largest absolute Gasteiger partial charge is 0.316 e. The van der Waals surface area contributed by atoms with Crippen molar-refractivity contribution in [1.29, 1.82) is 0 Å². The van der Waals surface area contributed by atoms with Gasteiger partial charge in [0.25, 0.3) is 0 Å². The van der Waals surface area contributed by atoms with Crippen LogP contribution in [-0.4, -0.2) is 52.3 Å². The number of rotatable bonds is 3. The van der Waals surface area contributed by atoms with Crippen molar-refractivity contribution < 1.29 is 8.42 Å². The summed E-state index contributed by atoms with van der Waals surface area (Å²) in [6.07, 6.45) is 2.47. The molecule has 0 radical (unpaired) electrons. The number of sulfonamides is 1. The molecular formula is C16H26ClN3O2S. The van der Waals surface area contributed by atoms with Crippen LogP contribution in [0.15, 0.2) is 24.3 Å². The van der Waals surface area contributed by atoms with Crippen LogP contribution in [-0.2, 0) is 16.6 Å². The van der Waals surface area contributed by atoms with E-state index in [1.165, 1.54) is 12.7 Å². The summed E-state index contributed by atoms with van der Waals surface area (Å²) >= 11 is 0. The molecule has 1 aromatic rings. The molecule has 1 unspecified atom stereocenters. The van der Waals surface area contributed by atoms with Crippen molar-refractivity contribution >= 4 is 28.1 Å². The maximum Gasteiger partial charge on any atom is 0.232 e. The van der Waals surface area contributed by atoms with E-state index in [1.807, 2.05) is 24.3 Å². The van der Waals surface area contributed by atoms with Crippen molar-refractivity contribution in [3.63, 3.8) is 0 Å². The van der Waals surface area contributed by atoms with Gasteiger partial charge in [-0.2, -0.15) is 0 Å². The number of halogens is 1. The molecule has 1 aromatic carbocycles. The quantitative estimate of drug-likeness (QED) is 0.892. The molecule has 2 heterocycles. The maximum absolute atomic E-state index is 12.1. The van der Waals surface area contributed by atoms with Crippen LogP contribution in [0, 0.1) is 5.41 Å². The van der Waals surface area contributed by atoms with Gasteiger partial charge >= 0.3 is 0 Å². The second-order valence-electron chi connectivity index (χ2n) is 6.91.